The van der Waals surface area contributed by atoms with Crippen molar-refractivity contribution in [2.24, 2.45) is 4.99 Å². The van der Waals surface area contributed by atoms with Gasteiger partial charge in [-0.05, 0) is 40.8 Å². The molecule has 10 rings (SSSR count). The average molecular weight is 585 g/mol. The van der Waals surface area contributed by atoms with E-state index < -0.39 is 0 Å². The number of amidine groups is 1. The third-order valence-electron chi connectivity index (χ3n) is 9.46. The van der Waals surface area contributed by atoms with E-state index in [1.54, 1.807) is 0 Å². The molecule has 6 nitrogen and oxygen atoms in total. The predicted molar refractivity (Wildman–Crippen MR) is 178 cm³/mol. The molecule has 4 atom stereocenters. The van der Waals surface area contributed by atoms with Crippen LogP contribution in [0.15, 0.2) is 143 Å². The van der Waals surface area contributed by atoms with Gasteiger partial charge in [0.15, 0.2) is 5.75 Å². The SMILES string of the molecule is CN1c2ccc3ccc(C4=NC(c5ccccc5)N5C(c6ccccc6)N45)cc3c2OC1c1cccc2c1oc1ccccc12. The van der Waals surface area contributed by atoms with Gasteiger partial charge in [0, 0.05) is 28.8 Å². The van der Waals surface area contributed by atoms with Crippen LogP contribution in [0.1, 0.15) is 40.8 Å². The van der Waals surface area contributed by atoms with Crippen molar-refractivity contribution in [3.63, 3.8) is 0 Å². The minimum atomic E-state index is -0.310. The van der Waals surface area contributed by atoms with Crippen LogP contribution in [0.25, 0.3) is 32.7 Å². The Labute approximate surface area is 260 Å². The van der Waals surface area contributed by atoms with Crippen molar-refractivity contribution in [1.29, 1.82) is 0 Å². The molecule has 7 aromatic rings. The van der Waals surface area contributed by atoms with E-state index in [1.165, 1.54) is 11.1 Å². The Morgan fingerprint density at radius 1 is 0.667 bits per heavy atom. The van der Waals surface area contributed by atoms with Gasteiger partial charge in [0.2, 0.25) is 6.23 Å². The summed E-state index contributed by atoms with van der Waals surface area (Å²) in [5.41, 5.74) is 7.36. The topological polar surface area (TPSA) is 44.0 Å². The van der Waals surface area contributed by atoms with E-state index in [9.17, 15) is 0 Å². The van der Waals surface area contributed by atoms with Crippen LogP contribution >= 0.6 is 0 Å². The van der Waals surface area contributed by atoms with E-state index in [2.05, 4.69) is 143 Å². The van der Waals surface area contributed by atoms with Gasteiger partial charge in [-0.1, -0.05) is 109 Å². The largest absolute Gasteiger partial charge is 0.463 e. The van der Waals surface area contributed by atoms with E-state index in [4.69, 9.17) is 14.1 Å². The maximum Gasteiger partial charge on any atom is 0.202 e. The molecule has 45 heavy (non-hydrogen) atoms. The van der Waals surface area contributed by atoms with Gasteiger partial charge >= 0.3 is 0 Å². The van der Waals surface area contributed by atoms with Crippen molar-refractivity contribution in [2.45, 2.75) is 18.6 Å². The molecule has 4 unspecified atom stereocenters. The molecule has 6 aromatic carbocycles. The van der Waals surface area contributed by atoms with Crippen molar-refractivity contribution >= 4 is 44.2 Å². The third kappa shape index (κ3) is 3.57. The maximum absolute atomic E-state index is 6.86. The molecule has 0 aliphatic carbocycles. The average Bonchev–Trinajstić information content (AvgIpc) is 3.34. The van der Waals surface area contributed by atoms with Crippen molar-refractivity contribution in [2.75, 3.05) is 11.9 Å². The number of rotatable bonds is 4. The standard InChI is InChI=1S/C39H28N4O2/c1-41-32-22-21-24-19-20-27(37-40-36(25-11-4-2-5-12-25)42-38(43(37)42)26-13-6-3-7-14-26)23-31(24)35(32)45-39(41)30-17-10-16-29-28-15-8-9-18-33(28)44-34(29)30/h2-23,36,38-39H,1H3. The summed E-state index contributed by atoms with van der Waals surface area (Å²) in [5.74, 6) is 1.86. The highest BCUT2D eigenvalue weighted by molar-refractivity contribution is 6.07. The number of nitrogens with zero attached hydrogens (tertiary/aromatic N) is 4. The second kappa shape index (κ2) is 9.21. The number of ether oxygens (including phenoxy) is 1. The van der Waals surface area contributed by atoms with Crippen LogP contribution < -0.4 is 9.64 Å². The molecule has 216 valence electrons. The summed E-state index contributed by atoms with van der Waals surface area (Å²) in [5, 5.41) is 9.13. The van der Waals surface area contributed by atoms with Gasteiger partial charge in [0.1, 0.15) is 29.3 Å². The third-order valence-corrected chi connectivity index (χ3v) is 9.46. The van der Waals surface area contributed by atoms with Crippen LogP contribution in [0.5, 0.6) is 5.75 Å². The summed E-state index contributed by atoms with van der Waals surface area (Å²) >= 11 is 0. The highest BCUT2D eigenvalue weighted by atomic mass is 16.5. The van der Waals surface area contributed by atoms with E-state index >= 15 is 0 Å². The lowest BCUT2D eigenvalue weighted by molar-refractivity contribution is 0.238. The van der Waals surface area contributed by atoms with Gasteiger partial charge in [-0.25, -0.2) is 4.99 Å². The molecule has 0 radical (unpaired) electrons. The molecule has 1 saturated heterocycles. The van der Waals surface area contributed by atoms with Crippen molar-refractivity contribution < 1.29 is 9.15 Å². The quantitative estimate of drug-likeness (QED) is 0.193. The fraction of sp³-hybridized carbons (Fsp3) is 0.103. The summed E-state index contributed by atoms with van der Waals surface area (Å²) in [6.45, 7) is 0. The molecule has 3 aliphatic heterocycles. The number of hydrogen-bond acceptors (Lipinski definition) is 6. The molecule has 0 N–H and O–H groups in total. The molecule has 3 aliphatic rings. The van der Waals surface area contributed by atoms with Gasteiger partial charge in [-0.15, -0.1) is 0 Å². The van der Waals surface area contributed by atoms with Crippen LogP contribution in [0, 0.1) is 0 Å². The van der Waals surface area contributed by atoms with Crippen LogP contribution in [0.3, 0.4) is 0 Å². The number of benzene rings is 6. The van der Waals surface area contributed by atoms with E-state index in [0.29, 0.717) is 0 Å². The lowest BCUT2D eigenvalue weighted by Crippen LogP contribution is -2.22. The zero-order valence-corrected chi connectivity index (χ0v) is 24.5. The van der Waals surface area contributed by atoms with Gasteiger partial charge in [0.05, 0.1) is 11.3 Å². The highest BCUT2D eigenvalue weighted by Gasteiger charge is 2.57. The van der Waals surface area contributed by atoms with Crippen LogP contribution in [-0.2, 0) is 0 Å². The Bertz CT molecular complexity index is 2310. The van der Waals surface area contributed by atoms with Crippen molar-refractivity contribution in [3.05, 3.63) is 156 Å². The molecular formula is C39H28N4O2. The van der Waals surface area contributed by atoms with Gasteiger partial charge in [-0.3, -0.25) is 5.01 Å². The molecule has 0 spiro atoms. The molecule has 6 heteroatoms. The fourth-order valence-electron chi connectivity index (χ4n) is 7.25. The smallest absolute Gasteiger partial charge is 0.202 e. The lowest BCUT2D eigenvalue weighted by Gasteiger charge is -2.20. The zero-order valence-electron chi connectivity index (χ0n) is 24.5. The number of para-hydroxylation sites is 2. The summed E-state index contributed by atoms with van der Waals surface area (Å²) in [4.78, 5) is 7.48. The molecule has 1 aromatic heterocycles. The summed E-state index contributed by atoms with van der Waals surface area (Å²) in [6.07, 6.45) is -0.230. The first-order valence-electron chi connectivity index (χ1n) is 15.4. The first-order valence-corrected chi connectivity index (χ1v) is 15.4. The number of hydrogen-bond donors (Lipinski definition) is 0. The van der Waals surface area contributed by atoms with Gasteiger partial charge in [0.25, 0.3) is 0 Å². The van der Waals surface area contributed by atoms with Gasteiger partial charge < -0.3 is 14.1 Å². The van der Waals surface area contributed by atoms with Crippen molar-refractivity contribution in [3.8, 4) is 5.75 Å². The minimum absolute atomic E-state index is 0.0698. The summed E-state index contributed by atoms with van der Waals surface area (Å²) in [6, 6.07) is 46.7. The molecule has 4 heterocycles. The predicted octanol–water partition coefficient (Wildman–Crippen LogP) is 8.96. The number of hydrazine groups is 1. The van der Waals surface area contributed by atoms with Crippen molar-refractivity contribution in [1.82, 2.24) is 10.0 Å². The van der Waals surface area contributed by atoms with Crippen LogP contribution in [0.4, 0.5) is 5.69 Å². The Kier molecular flexibility index (Phi) is 5.08. The highest BCUT2D eigenvalue weighted by Crippen LogP contribution is 2.54. The van der Waals surface area contributed by atoms with E-state index in [0.717, 1.165) is 61.1 Å². The van der Waals surface area contributed by atoms with Crippen LogP contribution in [-0.4, -0.2) is 22.9 Å². The monoisotopic (exact) mass is 584 g/mol. The summed E-state index contributed by atoms with van der Waals surface area (Å²) < 4.78 is 13.3. The van der Waals surface area contributed by atoms with Gasteiger partial charge in [-0.2, -0.15) is 5.01 Å². The van der Waals surface area contributed by atoms with E-state index in [-0.39, 0.29) is 18.6 Å². The Morgan fingerprint density at radius 3 is 2.24 bits per heavy atom. The number of furan rings is 1. The molecule has 1 fully saturated rings. The minimum Gasteiger partial charge on any atom is -0.463 e. The molecular weight excluding hydrogens is 556 g/mol. The first kappa shape index (κ1) is 24.8. The fourth-order valence-corrected chi connectivity index (χ4v) is 7.25. The second-order valence-electron chi connectivity index (χ2n) is 12.0. The lowest BCUT2D eigenvalue weighted by atomic mass is 10.0. The maximum atomic E-state index is 6.86. The van der Waals surface area contributed by atoms with E-state index in [1.807, 2.05) is 12.1 Å². The molecule has 0 amide bonds. The number of anilines is 1. The normalized spacial score (nSPS) is 21.7. The molecule has 0 bridgehead atoms. The Hall–Kier alpha value is -5.59. The van der Waals surface area contributed by atoms with Crippen LogP contribution in [0.2, 0.25) is 0 Å². The number of aliphatic imine (C=N–C) groups is 1. The second-order valence-corrected chi connectivity index (χ2v) is 12.0. The zero-order chi connectivity index (χ0) is 29.6. The Morgan fingerprint density at radius 2 is 1.40 bits per heavy atom. The molecule has 0 saturated carbocycles. The first-order chi connectivity index (χ1) is 22.2. The summed E-state index contributed by atoms with van der Waals surface area (Å²) in [7, 11) is 2.09. The number of fused-ring (bicyclic) bond motifs is 7. The Balaban J connectivity index is 1.07.